The number of piperazine rings is 1. The number of aryl methyl sites for hydroxylation is 1. The van der Waals surface area contributed by atoms with Crippen molar-refractivity contribution in [3.8, 4) is 10.4 Å². The van der Waals surface area contributed by atoms with Gasteiger partial charge in [0, 0.05) is 69.1 Å². The number of thiazole rings is 1. The Labute approximate surface area is 463 Å². The molecule has 3 fully saturated rings. The lowest BCUT2D eigenvalue weighted by molar-refractivity contribution is -0.144. The molecule has 4 atom stereocenters. The van der Waals surface area contributed by atoms with Crippen LogP contribution in [0.3, 0.4) is 0 Å². The molecule has 4 amide bonds. The molecule has 414 valence electrons. The summed E-state index contributed by atoms with van der Waals surface area (Å²) in [7, 11) is 0. The molecule has 8 N–H and O–H groups in total. The monoisotopic (exact) mass is 1100 g/mol. The molecule has 0 unspecified atom stereocenters. The highest BCUT2D eigenvalue weighted by atomic mass is 35.5. The summed E-state index contributed by atoms with van der Waals surface area (Å²) in [5.41, 5.74) is 17.2. The average molecular weight is 1100 g/mol. The van der Waals surface area contributed by atoms with Gasteiger partial charge in [-0.15, -0.1) is 11.3 Å². The largest absolute Gasteiger partial charge is 0.391 e. The second kappa shape index (κ2) is 27.1. The number of nitrogens with zero attached hydrogens (tertiary/aromatic N) is 7. The van der Waals surface area contributed by atoms with Gasteiger partial charge in [0.2, 0.25) is 23.6 Å². The fourth-order valence-corrected chi connectivity index (χ4v) is 12.1. The molecule has 0 bridgehead atoms. The summed E-state index contributed by atoms with van der Waals surface area (Å²) < 4.78 is 0. The Bertz CT molecular complexity index is 2580. The number of aliphatic hydroxyl groups is 1. The fourth-order valence-electron chi connectivity index (χ4n) is 10.1. The molecule has 2 aromatic carbocycles. The van der Waals surface area contributed by atoms with Crippen LogP contribution in [0.4, 0.5) is 17.3 Å². The van der Waals surface area contributed by atoms with Crippen molar-refractivity contribution in [3.05, 3.63) is 70.5 Å². The van der Waals surface area contributed by atoms with Gasteiger partial charge in [-0.3, -0.25) is 24.1 Å². The number of benzene rings is 2. The Morgan fingerprint density at radius 3 is 2.20 bits per heavy atom. The van der Waals surface area contributed by atoms with E-state index in [1.165, 1.54) is 29.5 Å². The SMILES string of the molecule is Cc1ncsc1-c1ccc([C@@H](C)NC(=O)[C@H]2C[C@H](O)CN2C(=O)[C@H](NC(=O)CCCCCCCCCCN2CCN(CC(=O)Nc3cccc(Sc4ncc(N5CCC(C)(N)CC5)nc4N)c3Cl)CC2)C(C)(C)C)cc1. The number of halogens is 1. The number of piperidine rings is 1. The molecule has 7 rings (SSSR count). The maximum absolute atomic E-state index is 14.1. The summed E-state index contributed by atoms with van der Waals surface area (Å²) in [6.45, 7) is 18.2. The Morgan fingerprint density at radius 1 is 0.895 bits per heavy atom. The van der Waals surface area contributed by atoms with E-state index in [0.717, 1.165) is 130 Å². The molecule has 76 heavy (non-hydrogen) atoms. The third-order valence-corrected chi connectivity index (χ3v) is 17.5. The van der Waals surface area contributed by atoms with Gasteiger partial charge in [-0.25, -0.2) is 15.0 Å². The minimum atomic E-state index is -0.848. The summed E-state index contributed by atoms with van der Waals surface area (Å²) in [5.74, 6) is 0.0961. The van der Waals surface area contributed by atoms with E-state index in [-0.39, 0.29) is 48.2 Å². The van der Waals surface area contributed by atoms with E-state index in [4.69, 9.17) is 23.1 Å². The topological polar surface area (TPSA) is 228 Å². The Hall–Kier alpha value is -4.89. The van der Waals surface area contributed by atoms with Crippen molar-refractivity contribution in [1.29, 1.82) is 0 Å². The zero-order valence-electron chi connectivity index (χ0n) is 45.4. The number of carbonyl (C=O) groups excluding carboxylic acids is 4. The lowest BCUT2D eigenvalue weighted by atomic mass is 9.85. The quantitative estimate of drug-likeness (QED) is 0.0387. The van der Waals surface area contributed by atoms with Gasteiger partial charge < -0.3 is 47.2 Å². The molecule has 20 heteroatoms. The van der Waals surface area contributed by atoms with Crippen molar-refractivity contribution in [2.75, 3.05) is 74.9 Å². The molecule has 5 heterocycles. The van der Waals surface area contributed by atoms with Crippen molar-refractivity contribution in [2.45, 2.75) is 158 Å². The number of aliphatic hydroxyl groups excluding tert-OH is 1. The lowest BCUT2D eigenvalue weighted by Gasteiger charge is -2.37. The number of nitrogens with two attached hydrogens (primary N) is 2. The van der Waals surface area contributed by atoms with E-state index in [1.54, 1.807) is 23.6 Å². The molecule has 3 aliphatic heterocycles. The molecule has 3 saturated heterocycles. The molecular formula is C56H81ClN12O5S2. The average Bonchev–Trinajstić information content (AvgIpc) is 4.00. The van der Waals surface area contributed by atoms with E-state index in [9.17, 15) is 24.3 Å². The molecule has 4 aromatic rings. The maximum atomic E-state index is 14.1. The number of aromatic nitrogens is 3. The number of rotatable bonds is 23. The van der Waals surface area contributed by atoms with Gasteiger partial charge in [-0.2, -0.15) is 0 Å². The predicted octanol–water partition coefficient (Wildman–Crippen LogP) is 8.05. The number of hydrogen-bond donors (Lipinski definition) is 6. The number of anilines is 3. The van der Waals surface area contributed by atoms with Crippen molar-refractivity contribution < 1.29 is 24.3 Å². The van der Waals surface area contributed by atoms with Crippen LogP contribution in [0, 0.1) is 12.3 Å². The number of carbonyl (C=O) groups is 4. The summed E-state index contributed by atoms with van der Waals surface area (Å²) in [6.07, 6.45) is 11.6. The van der Waals surface area contributed by atoms with Gasteiger partial charge in [0.15, 0.2) is 5.82 Å². The van der Waals surface area contributed by atoms with Crippen LogP contribution in [0.5, 0.6) is 0 Å². The fraction of sp³-hybridized carbons (Fsp3) is 0.589. The van der Waals surface area contributed by atoms with E-state index in [1.807, 2.05) is 76.5 Å². The minimum Gasteiger partial charge on any atom is -0.391 e. The Morgan fingerprint density at radius 2 is 1.55 bits per heavy atom. The first-order valence-electron chi connectivity index (χ1n) is 27.2. The highest BCUT2D eigenvalue weighted by Gasteiger charge is 2.45. The number of unbranched alkanes of at least 4 members (excludes halogenated alkanes) is 7. The van der Waals surface area contributed by atoms with Crippen LogP contribution >= 0.6 is 34.7 Å². The third-order valence-electron chi connectivity index (χ3n) is 14.9. The van der Waals surface area contributed by atoms with Crippen molar-refractivity contribution in [2.24, 2.45) is 11.1 Å². The van der Waals surface area contributed by atoms with E-state index < -0.39 is 23.6 Å². The molecule has 0 saturated carbocycles. The number of nitrogen functional groups attached to an aromatic ring is 1. The van der Waals surface area contributed by atoms with Crippen molar-refractivity contribution >= 4 is 75.7 Å². The van der Waals surface area contributed by atoms with Crippen LogP contribution in [-0.4, -0.2) is 141 Å². The first-order valence-corrected chi connectivity index (χ1v) is 29.3. The smallest absolute Gasteiger partial charge is 0.246 e. The number of amides is 4. The van der Waals surface area contributed by atoms with Crippen LogP contribution in [0.1, 0.15) is 129 Å². The van der Waals surface area contributed by atoms with Gasteiger partial charge in [-0.05, 0) is 81.7 Å². The van der Waals surface area contributed by atoms with Crippen LogP contribution < -0.4 is 32.3 Å². The van der Waals surface area contributed by atoms with Gasteiger partial charge in [-0.1, -0.05) is 113 Å². The minimum absolute atomic E-state index is 0.0332. The Kier molecular flexibility index (Phi) is 21.0. The van der Waals surface area contributed by atoms with E-state index in [0.29, 0.717) is 34.5 Å². The second-order valence-electron chi connectivity index (χ2n) is 22.4. The second-order valence-corrected chi connectivity index (χ2v) is 24.7. The van der Waals surface area contributed by atoms with Gasteiger partial charge >= 0.3 is 0 Å². The summed E-state index contributed by atoms with van der Waals surface area (Å²) >= 11 is 9.72. The molecule has 0 radical (unpaired) electrons. The molecule has 2 aromatic heterocycles. The summed E-state index contributed by atoms with van der Waals surface area (Å²) in [6, 6.07) is 11.5. The predicted molar refractivity (Wildman–Crippen MR) is 305 cm³/mol. The van der Waals surface area contributed by atoms with Gasteiger partial charge in [0.1, 0.15) is 22.9 Å². The highest BCUT2D eigenvalue weighted by Crippen LogP contribution is 2.39. The first-order chi connectivity index (χ1) is 36.2. The van der Waals surface area contributed by atoms with Crippen molar-refractivity contribution in [3.63, 3.8) is 0 Å². The number of nitrogens with one attached hydrogen (secondary N) is 3. The number of hydrogen-bond acceptors (Lipinski definition) is 15. The molecular weight excluding hydrogens is 1020 g/mol. The van der Waals surface area contributed by atoms with Crippen LogP contribution in [0.2, 0.25) is 5.02 Å². The maximum Gasteiger partial charge on any atom is 0.246 e. The molecule has 17 nitrogen and oxygen atoms in total. The molecule has 0 spiro atoms. The Balaban J connectivity index is 0.733. The molecule has 0 aliphatic carbocycles. The first kappa shape index (κ1) is 58.8. The van der Waals surface area contributed by atoms with Crippen LogP contribution in [0.25, 0.3) is 10.4 Å². The van der Waals surface area contributed by atoms with Gasteiger partial charge in [0.05, 0.1) is 51.7 Å². The summed E-state index contributed by atoms with van der Waals surface area (Å²) in [4.78, 5) is 77.9. The van der Waals surface area contributed by atoms with Crippen LogP contribution in [-0.2, 0) is 19.2 Å². The zero-order valence-corrected chi connectivity index (χ0v) is 47.8. The lowest BCUT2D eigenvalue weighted by Crippen LogP contribution is -2.57. The molecule has 3 aliphatic rings. The third kappa shape index (κ3) is 16.6. The van der Waals surface area contributed by atoms with E-state index in [2.05, 4.69) is 52.5 Å². The van der Waals surface area contributed by atoms with Crippen LogP contribution in [0.15, 0.2) is 64.1 Å². The standard InChI is InChI=1S/C56H81ClN12O5S2/c1-37(39-19-21-40(22-20-39)49-38(2)61-36-75-49)62-52(73)43-32-41(70)34-69(43)54(74)50(55(3,4)5)65-46(71)18-13-11-9-7-8-10-12-14-25-66-28-30-67(31-29-66)35-47(72)63-42-16-15-17-44(48(42)57)76-53-51(58)64-45(33-60-53)68-26-23-56(6,59)24-27-68/h15-17,19-22,33,36-37,41,43,50,70H,7-14,18,23-32,34-35,59H2,1-6H3,(H2,58,64)(H,62,73)(H,63,72)(H,65,71)/t37-,41+,43-,50+/m1/s1. The highest BCUT2D eigenvalue weighted by molar-refractivity contribution is 7.99. The normalized spacial score (nSPS) is 19.1. The zero-order chi connectivity index (χ0) is 54.6. The number of likely N-dealkylation sites (tertiary alicyclic amines) is 1. The van der Waals surface area contributed by atoms with E-state index >= 15 is 0 Å². The van der Waals surface area contributed by atoms with Gasteiger partial charge in [0.25, 0.3) is 0 Å². The van der Waals surface area contributed by atoms with Crippen molar-refractivity contribution in [1.82, 2.24) is 40.3 Å². The number of β-amino-alcohol motifs (C(OH)–C–C–N with tert-alkyl or cyclic N) is 1. The summed E-state index contributed by atoms with van der Waals surface area (Å²) in [5, 5.41) is 20.7.